The molecule has 2 saturated heterocycles. The molecule has 2 aliphatic rings. The lowest BCUT2D eigenvalue weighted by Crippen LogP contribution is -2.67. The maximum atomic E-state index is 3.48. The van der Waals surface area contributed by atoms with Crippen molar-refractivity contribution in [3.8, 4) is 0 Å². The molecule has 0 saturated carbocycles. The smallest absolute Gasteiger partial charge is 0.0243 e. The molecule has 2 bridgehead atoms. The van der Waals surface area contributed by atoms with E-state index in [1.165, 1.54) is 30.6 Å². The Bertz CT molecular complexity index is 361. The van der Waals surface area contributed by atoms with E-state index in [0.717, 1.165) is 25.0 Å². The molecule has 0 spiro atoms. The first-order valence-electron chi connectivity index (χ1n) is 7.41. The average Bonchev–Trinajstić information content (AvgIpc) is 2.48. The molecular formula is C16H26N2. The molecule has 2 nitrogen and oxygen atoms in total. The van der Waals surface area contributed by atoms with Crippen LogP contribution in [-0.4, -0.2) is 30.1 Å². The first kappa shape index (κ1) is 13.6. The van der Waals surface area contributed by atoms with Gasteiger partial charge in [-0.15, -0.1) is 0 Å². The van der Waals surface area contributed by atoms with Gasteiger partial charge in [0.15, 0.2) is 0 Å². The van der Waals surface area contributed by atoms with E-state index in [1.807, 2.05) is 13.8 Å². The number of nitrogens with zero attached hydrogens (tertiary/aromatic N) is 1. The van der Waals surface area contributed by atoms with Crippen molar-refractivity contribution in [3.05, 3.63) is 35.4 Å². The van der Waals surface area contributed by atoms with Crippen LogP contribution < -0.4 is 5.32 Å². The van der Waals surface area contributed by atoms with Gasteiger partial charge in [0.25, 0.3) is 0 Å². The molecule has 2 fully saturated rings. The number of rotatable bonds is 3. The number of aryl methyl sites for hydroxylation is 1. The minimum absolute atomic E-state index is 0.795. The summed E-state index contributed by atoms with van der Waals surface area (Å²) >= 11 is 0. The molecule has 2 atom stereocenters. The first-order valence-corrected chi connectivity index (χ1v) is 7.41. The maximum Gasteiger partial charge on any atom is 0.0243 e. The molecule has 1 N–H and O–H groups in total. The monoisotopic (exact) mass is 246 g/mol. The summed E-state index contributed by atoms with van der Waals surface area (Å²) in [5, 5.41) is 3.48. The zero-order valence-electron chi connectivity index (χ0n) is 11.9. The predicted octanol–water partition coefficient (Wildman–Crippen LogP) is 2.82. The number of hydrogen-bond donors (Lipinski definition) is 1. The number of hydrogen-bond acceptors (Lipinski definition) is 2. The molecule has 3 rings (SSSR count). The van der Waals surface area contributed by atoms with Crippen molar-refractivity contribution in [2.24, 2.45) is 0 Å². The number of nitrogens with one attached hydrogen (secondary N) is 1. The lowest BCUT2D eigenvalue weighted by molar-refractivity contribution is -0.0206. The molecule has 1 aromatic carbocycles. The van der Waals surface area contributed by atoms with Gasteiger partial charge in [0.1, 0.15) is 0 Å². The predicted molar refractivity (Wildman–Crippen MR) is 77.8 cm³/mol. The van der Waals surface area contributed by atoms with Crippen LogP contribution in [0.3, 0.4) is 0 Å². The molecule has 2 heteroatoms. The molecule has 0 aromatic heterocycles. The molecule has 0 aliphatic carbocycles. The van der Waals surface area contributed by atoms with Gasteiger partial charge >= 0.3 is 0 Å². The Morgan fingerprint density at radius 1 is 1.17 bits per heavy atom. The van der Waals surface area contributed by atoms with Crippen molar-refractivity contribution in [2.75, 3.05) is 13.1 Å². The summed E-state index contributed by atoms with van der Waals surface area (Å²) < 4.78 is 0. The zero-order valence-corrected chi connectivity index (χ0v) is 11.9. The molecule has 100 valence electrons. The van der Waals surface area contributed by atoms with Crippen molar-refractivity contribution >= 4 is 0 Å². The van der Waals surface area contributed by atoms with Crippen molar-refractivity contribution in [1.82, 2.24) is 10.2 Å². The third kappa shape index (κ3) is 2.76. The highest BCUT2D eigenvalue weighted by molar-refractivity contribution is 5.24. The normalized spacial score (nSPS) is 25.9. The van der Waals surface area contributed by atoms with E-state index in [0.29, 0.717) is 0 Å². The van der Waals surface area contributed by atoms with Gasteiger partial charge in [0.05, 0.1) is 0 Å². The Labute approximate surface area is 111 Å². The van der Waals surface area contributed by atoms with Crippen LogP contribution in [0, 0.1) is 0 Å². The molecule has 1 aromatic rings. The lowest BCUT2D eigenvalue weighted by Gasteiger charge is -2.53. The third-order valence-electron chi connectivity index (χ3n) is 4.01. The van der Waals surface area contributed by atoms with Gasteiger partial charge in [-0.3, -0.25) is 4.90 Å². The minimum atomic E-state index is 0.795. The Balaban J connectivity index is 0.000000574. The van der Waals surface area contributed by atoms with Crippen molar-refractivity contribution in [2.45, 2.75) is 52.2 Å². The van der Waals surface area contributed by atoms with Gasteiger partial charge in [0.2, 0.25) is 0 Å². The Morgan fingerprint density at radius 2 is 1.83 bits per heavy atom. The van der Waals surface area contributed by atoms with E-state index in [9.17, 15) is 0 Å². The summed E-state index contributed by atoms with van der Waals surface area (Å²) in [4.78, 5) is 2.66. The van der Waals surface area contributed by atoms with E-state index in [2.05, 4.69) is 41.4 Å². The summed E-state index contributed by atoms with van der Waals surface area (Å²) in [6, 6.07) is 10.6. The minimum Gasteiger partial charge on any atom is -0.314 e. The number of piperidine rings is 1. The second-order valence-corrected chi connectivity index (χ2v) is 5.05. The van der Waals surface area contributed by atoms with Gasteiger partial charge in [-0.1, -0.05) is 45.0 Å². The molecular weight excluding hydrogens is 220 g/mol. The van der Waals surface area contributed by atoms with Crippen molar-refractivity contribution in [1.29, 1.82) is 0 Å². The fourth-order valence-electron chi connectivity index (χ4n) is 2.98. The topological polar surface area (TPSA) is 15.3 Å². The summed E-state index contributed by atoms with van der Waals surface area (Å²) in [6.07, 6.45) is 2.54. The molecule has 2 unspecified atom stereocenters. The van der Waals surface area contributed by atoms with Crippen molar-refractivity contribution < 1.29 is 0 Å². The van der Waals surface area contributed by atoms with Crippen LogP contribution in [-0.2, 0) is 13.0 Å². The summed E-state index contributed by atoms with van der Waals surface area (Å²) in [6.45, 7) is 9.74. The third-order valence-corrected chi connectivity index (χ3v) is 4.01. The average molecular weight is 246 g/mol. The van der Waals surface area contributed by atoms with E-state index in [1.54, 1.807) is 0 Å². The Hall–Kier alpha value is -0.860. The molecule has 18 heavy (non-hydrogen) atoms. The van der Waals surface area contributed by atoms with Gasteiger partial charge in [-0.2, -0.15) is 0 Å². The van der Waals surface area contributed by atoms with Crippen LogP contribution in [0.4, 0.5) is 0 Å². The quantitative estimate of drug-likeness (QED) is 0.882. The zero-order chi connectivity index (χ0) is 13.0. The first-order chi connectivity index (χ1) is 8.86. The van der Waals surface area contributed by atoms with E-state index < -0.39 is 0 Å². The van der Waals surface area contributed by atoms with Crippen LogP contribution in [0.5, 0.6) is 0 Å². The number of fused-ring (bicyclic) bond motifs is 2. The SMILES string of the molecule is CC.CCc1cccc(CN2C3CNCC2C3)c1. The van der Waals surface area contributed by atoms with E-state index in [-0.39, 0.29) is 0 Å². The Morgan fingerprint density at radius 3 is 2.44 bits per heavy atom. The molecule has 2 aliphatic heterocycles. The molecule has 0 radical (unpaired) electrons. The standard InChI is InChI=1S/C14H20N2.C2H6/c1-2-11-4-3-5-12(6-11)10-16-13-7-14(16)9-15-8-13;1-2/h3-6,13-15H,2,7-10H2,1H3;1-2H3. The second-order valence-electron chi connectivity index (χ2n) is 5.05. The van der Waals surface area contributed by atoms with Crippen molar-refractivity contribution in [3.63, 3.8) is 0 Å². The summed E-state index contributed by atoms with van der Waals surface area (Å²) in [5.74, 6) is 0. The summed E-state index contributed by atoms with van der Waals surface area (Å²) in [5.41, 5.74) is 2.94. The highest BCUT2D eigenvalue weighted by Gasteiger charge is 2.40. The van der Waals surface area contributed by atoms with Gasteiger partial charge in [0, 0.05) is 31.7 Å². The van der Waals surface area contributed by atoms with E-state index in [4.69, 9.17) is 0 Å². The number of piperazine rings is 1. The van der Waals surface area contributed by atoms with Crippen LogP contribution in [0.25, 0.3) is 0 Å². The molecule has 2 heterocycles. The number of benzene rings is 1. The maximum absolute atomic E-state index is 3.48. The van der Waals surface area contributed by atoms with Crippen LogP contribution in [0.15, 0.2) is 24.3 Å². The van der Waals surface area contributed by atoms with Gasteiger partial charge < -0.3 is 5.32 Å². The van der Waals surface area contributed by atoms with Crippen LogP contribution in [0.2, 0.25) is 0 Å². The van der Waals surface area contributed by atoms with E-state index >= 15 is 0 Å². The highest BCUT2D eigenvalue weighted by Crippen LogP contribution is 2.30. The summed E-state index contributed by atoms with van der Waals surface area (Å²) in [7, 11) is 0. The Kier molecular flexibility index (Phi) is 4.79. The highest BCUT2D eigenvalue weighted by atomic mass is 15.3. The molecule has 0 amide bonds. The second kappa shape index (κ2) is 6.35. The van der Waals surface area contributed by atoms with Gasteiger partial charge in [-0.05, 0) is 24.0 Å². The lowest BCUT2D eigenvalue weighted by atomic mass is 9.88. The van der Waals surface area contributed by atoms with Crippen LogP contribution >= 0.6 is 0 Å². The van der Waals surface area contributed by atoms with Gasteiger partial charge in [-0.25, -0.2) is 0 Å². The largest absolute Gasteiger partial charge is 0.314 e. The fraction of sp³-hybridized carbons (Fsp3) is 0.625. The van der Waals surface area contributed by atoms with Crippen LogP contribution in [0.1, 0.15) is 38.3 Å². The fourth-order valence-corrected chi connectivity index (χ4v) is 2.98.